The maximum atomic E-state index is 10.5. The van der Waals surface area contributed by atoms with Crippen LogP contribution in [-0.4, -0.2) is 30.1 Å². The van der Waals surface area contributed by atoms with Gasteiger partial charge in [0.15, 0.2) is 12.4 Å². The lowest BCUT2D eigenvalue weighted by Gasteiger charge is -2.30. The van der Waals surface area contributed by atoms with E-state index < -0.39 is 18.4 Å². The monoisotopic (exact) mass is 160 g/mol. The van der Waals surface area contributed by atoms with E-state index in [1.54, 1.807) is 13.8 Å². The molecule has 4 heteroatoms. The summed E-state index contributed by atoms with van der Waals surface area (Å²) in [6.45, 7) is 3.95. The van der Waals surface area contributed by atoms with E-state index in [2.05, 4.69) is 0 Å². The van der Waals surface area contributed by atoms with Crippen LogP contribution in [0.25, 0.3) is 0 Å². The van der Waals surface area contributed by atoms with E-state index in [9.17, 15) is 4.79 Å². The van der Waals surface area contributed by atoms with Crippen LogP contribution < -0.4 is 0 Å². The summed E-state index contributed by atoms with van der Waals surface area (Å²) in [7, 11) is 0. The van der Waals surface area contributed by atoms with Gasteiger partial charge in [-0.1, -0.05) is 6.92 Å². The summed E-state index contributed by atoms with van der Waals surface area (Å²) in [6.07, 6.45) is -1.11. The third-order valence-electron chi connectivity index (χ3n) is 1.69. The standard InChI is InChI=1S/C7H12O4/c1-4-3-10-5(2)11-6(4)7(8)9/h4-6H,3H2,1-2H3,(H,8,9). The number of rotatable bonds is 1. The molecule has 0 aromatic heterocycles. The Bertz CT molecular complexity index is 157. The van der Waals surface area contributed by atoms with Crippen LogP contribution in [0.2, 0.25) is 0 Å². The van der Waals surface area contributed by atoms with Crippen LogP contribution in [0.5, 0.6) is 0 Å². The Morgan fingerprint density at radius 3 is 2.64 bits per heavy atom. The number of carboxylic acids is 1. The Kier molecular flexibility index (Phi) is 2.46. The molecule has 1 aliphatic heterocycles. The molecular formula is C7H12O4. The van der Waals surface area contributed by atoms with Gasteiger partial charge in [0.2, 0.25) is 0 Å². The lowest BCUT2D eigenvalue weighted by molar-refractivity contribution is -0.230. The molecule has 0 spiro atoms. The van der Waals surface area contributed by atoms with Gasteiger partial charge in [-0.25, -0.2) is 4.79 Å². The molecule has 1 heterocycles. The molecule has 3 unspecified atom stereocenters. The fraction of sp³-hybridized carbons (Fsp3) is 0.857. The molecule has 64 valence electrons. The average Bonchev–Trinajstić information content (AvgIpc) is 1.94. The zero-order chi connectivity index (χ0) is 8.43. The van der Waals surface area contributed by atoms with Gasteiger partial charge in [0.05, 0.1) is 6.61 Å². The molecule has 1 aliphatic rings. The first kappa shape index (κ1) is 8.49. The quantitative estimate of drug-likeness (QED) is 0.605. The van der Waals surface area contributed by atoms with Crippen molar-refractivity contribution in [1.29, 1.82) is 0 Å². The fourth-order valence-corrected chi connectivity index (χ4v) is 1.06. The maximum Gasteiger partial charge on any atom is 0.333 e. The van der Waals surface area contributed by atoms with Crippen molar-refractivity contribution in [2.45, 2.75) is 26.2 Å². The van der Waals surface area contributed by atoms with E-state index >= 15 is 0 Å². The summed E-state index contributed by atoms with van der Waals surface area (Å²) >= 11 is 0. The summed E-state index contributed by atoms with van der Waals surface area (Å²) in [6, 6.07) is 0. The largest absolute Gasteiger partial charge is 0.479 e. The number of ether oxygens (including phenoxy) is 2. The SMILES string of the molecule is CC1OCC(C)C(C(=O)O)O1. The third-order valence-corrected chi connectivity index (χ3v) is 1.69. The van der Waals surface area contributed by atoms with Gasteiger partial charge in [-0.2, -0.15) is 0 Å². The molecule has 4 nitrogen and oxygen atoms in total. The number of carbonyl (C=O) groups is 1. The highest BCUT2D eigenvalue weighted by atomic mass is 16.7. The van der Waals surface area contributed by atoms with E-state index in [0.717, 1.165) is 0 Å². The van der Waals surface area contributed by atoms with Crippen molar-refractivity contribution in [3.63, 3.8) is 0 Å². The lowest BCUT2D eigenvalue weighted by atomic mass is 10.1. The number of hydrogen-bond donors (Lipinski definition) is 1. The molecule has 0 bridgehead atoms. The van der Waals surface area contributed by atoms with Gasteiger partial charge in [0.1, 0.15) is 0 Å². The van der Waals surface area contributed by atoms with Crippen molar-refractivity contribution in [3.8, 4) is 0 Å². The van der Waals surface area contributed by atoms with Crippen LogP contribution in [0.15, 0.2) is 0 Å². The highest BCUT2D eigenvalue weighted by Gasteiger charge is 2.32. The lowest BCUT2D eigenvalue weighted by Crippen LogP contribution is -2.42. The number of carboxylic acid groups (broad SMARTS) is 1. The predicted molar refractivity (Wildman–Crippen MR) is 37.1 cm³/mol. The van der Waals surface area contributed by atoms with E-state index in [1.165, 1.54) is 0 Å². The molecular weight excluding hydrogens is 148 g/mol. The van der Waals surface area contributed by atoms with Crippen LogP contribution in [0.4, 0.5) is 0 Å². The second-order valence-corrected chi connectivity index (χ2v) is 2.77. The van der Waals surface area contributed by atoms with Crippen molar-refractivity contribution in [1.82, 2.24) is 0 Å². The first-order chi connectivity index (χ1) is 5.11. The van der Waals surface area contributed by atoms with Crippen LogP contribution in [0.3, 0.4) is 0 Å². The van der Waals surface area contributed by atoms with Gasteiger partial charge >= 0.3 is 5.97 Å². The maximum absolute atomic E-state index is 10.5. The molecule has 0 aromatic carbocycles. The van der Waals surface area contributed by atoms with Gasteiger partial charge in [-0.05, 0) is 6.92 Å². The minimum atomic E-state index is -0.910. The smallest absolute Gasteiger partial charge is 0.333 e. The molecule has 0 aliphatic carbocycles. The van der Waals surface area contributed by atoms with Crippen molar-refractivity contribution in [3.05, 3.63) is 0 Å². The summed E-state index contributed by atoms with van der Waals surface area (Å²) in [4.78, 5) is 10.5. The molecule has 0 radical (unpaired) electrons. The molecule has 1 rings (SSSR count). The Morgan fingerprint density at radius 1 is 1.55 bits per heavy atom. The third kappa shape index (κ3) is 1.91. The van der Waals surface area contributed by atoms with Crippen LogP contribution in [0, 0.1) is 5.92 Å². The highest BCUT2D eigenvalue weighted by molar-refractivity contribution is 5.72. The van der Waals surface area contributed by atoms with Gasteiger partial charge in [-0.3, -0.25) is 0 Å². The van der Waals surface area contributed by atoms with E-state index in [0.29, 0.717) is 6.61 Å². The first-order valence-corrected chi connectivity index (χ1v) is 3.61. The van der Waals surface area contributed by atoms with Gasteiger partial charge in [-0.15, -0.1) is 0 Å². The Labute approximate surface area is 65.1 Å². The topological polar surface area (TPSA) is 55.8 Å². The molecule has 0 aromatic rings. The molecule has 0 amide bonds. The molecule has 3 atom stereocenters. The summed E-state index contributed by atoms with van der Waals surface area (Å²) in [5.41, 5.74) is 0. The van der Waals surface area contributed by atoms with Gasteiger partial charge in [0.25, 0.3) is 0 Å². The zero-order valence-electron chi connectivity index (χ0n) is 6.61. The molecule has 1 fully saturated rings. The fourth-order valence-electron chi connectivity index (χ4n) is 1.06. The highest BCUT2D eigenvalue weighted by Crippen LogP contribution is 2.17. The normalized spacial score (nSPS) is 38.5. The van der Waals surface area contributed by atoms with E-state index in [-0.39, 0.29) is 5.92 Å². The van der Waals surface area contributed by atoms with E-state index in [4.69, 9.17) is 14.6 Å². The Morgan fingerprint density at radius 2 is 2.18 bits per heavy atom. The van der Waals surface area contributed by atoms with Crippen LogP contribution in [-0.2, 0) is 14.3 Å². The van der Waals surface area contributed by atoms with Crippen LogP contribution >= 0.6 is 0 Å². The van der Waals surface area contributed by atoms with Gasteiger partial charge < -0.3 is 14.6 Å². The van der Waals surface area contributed by atoms with Crippen LogP contribution in [0.1, 0.15) is 13.8 Å². The average molecular weight is 160 g/mol. The summed E-state index contributed by atoms with van der Waals surface area (Å²) in [5, 5.41) is 8.65. The minimum absolute atomic E-state index is 0.0660. The molecule has 0 saturated carbocycles. The van der Waals surface area contributed by atoms with Crippen molar-refractivity contribution >= 4 is 5.97 Å². The molecule has 11 heavy (non-hydrogen) atoms. The molecule has 1 N–H and O–H groups in total. The number of hydrogen-bond acceptors (Lipinski definition) is 3. The predicted octanol–water partition coefficient (Wildman–Crippen LogP) is 0.468. The number of aliphatic carboxylic acids is 1. The Balaban J connectivity index is 2.54. The zero-order valence-corrected chi connectivity index (χ0v) is 6.61. The minimum Gasteiger partial charge on any atom is -0.479 e. The second-order valence-electron chi connectivity index (χ2n) is 2.77. The van der Waals surface area contributed by atoms with Crippen molar-refractivity contribution < 1.29 is 19.4 Å². The van der Waals surface area contributed by atoms with Crippen molar-refractivity contribution in [2.24, 2.45) is 5.92 Å². The van der Waals surface area contributed by atoms with Crippen molar-refractivity contribution in [2.75, 3.05) is 6.61 Å². The first-order valence-electron chi connectivity index (χ1n) is 3.61. The van der Waals surface area contributed by atoms with E-state index in [1.807, 2.05) is 0 Å². The second kappa shape index (κ2) is 3.19. The Hall–Kier alpha value is -0.610. The summed E-state index contributed by atoms with van der Waals surface area (Å²) in [5.74, 6) is -0.976. The molecule has 1 saturated heterocycles. The summed E-state index contributed by atoms with van der Waals surface area (Å²) < 4.78 is 10.1. The van der Waals surface area contributed by atoms with Gasteiger partial charge in [0, 0.05) is 5.92 Å².